The Morgan fingerprint density at radius 1 is 1.30 bits per heavy atom. The van der Waals surface area contributed by atoms with E-state index in [-0.39, 0.29) is 18.0 Å². The molecule has 0 aliphatic carbocycles. The number of nitro benzene ring substituents is 1. The number of hydrogen-bond donors (Lipinski definition) is 0. The van der Waals surface area contributed by atoms with Crippen LogP contribution in [0.3, 0.4) is 0 Å². The van der Waals surface area contributed by atoms with Crippen molar-refractivity contribution in [3.63, 3.8) is 0 Å². The molecule has 2 aromatic carbocycles. The predicted molar refractivity (Wildman–Crippen MR) is 76.3 cm³/mol. The van der Waals surface area contributed by atoms with Crippen LogP contribution in [0, 0.1) is 22.9 Å². The predicted octanol–water partition coefficient (Wildman–Crippen LogP) is 4.38. The maximum Gasteiger partial charge on any atom is 0.310 e. The Morgan fingerprint density at radius 2 is 2.05 bits per heavy atom. The molecule has 0 unspecified atom stereocenters. The fraction of sp³-hybridized carbons (Fsp3) is 0.143. The Labute approximate surface area is 123 Å². The minimum Gasteiger partial charge on any atom is -0.482 e. The molecule has 20 heavy (non-hydrogen) atoms. The Morgan fingerprint density at radius 3 is 2.70 bits per heavy atom. The van der Waals surface area contributed by atoms with Crippen molar-refractivity contribution in [3.8, 4) is 5.75 Å². The van der Waals surface area contributed by atoms with Crippen molar-refractivity contribution >= 4 is 21.6 Å². The van der Waals surface area contributed by atoms with Crippen LogP contribution in [-0.4, -0.2) is 4.92 Å². The van der Waals surface area contributed by atoms with Gasteiger partial charge in [-0.15, -0.1) is 0 Å². The molecule has 4 nitrogen and oxygen atoms in total. The maximum absolute atomic E-state index is 13.2. The van der Waals surface area contributed by atoms with Gasteiger partial charge < -0.3 is 4.74 Å². The molecular weight excluding hydrogens is 329 g/mol. The van der Waals surface area contributed by atoms with Gasteiger partial charge in [0.05, 0.1) is 4.92 Å². The van der Waals surface area contributed by atoms with Crippen molar-refractivity contribution in [1.29, 1.82) is 0 Å². The topological polar surface area (TPSA) is 52.4 Å². The zero-order valence-corrected chi connectivity index (χ0v) is 12.2. The van der Waals surface area contributed by atoms with E-state index in [0.717, 1.165) is 5.56 Å². The van der Waals surface area contributed by atoms with Gasteiger partial charge in [0.25, 0.3) is 0 Å². The molecular formula is C14H11BrFNO3. The molecule has 0 spiro atoms. The lowest BCUT2D eigenvalue weighted by Gasteiger charge is -2.08. The number of hydrogen-bond acceptors (Lipinski definition) is 3. The first-order chi connectivity index (χ1) is 9.45. The summed E-state index contributed by atoms with van der Waals surface area (Å²) in [7, 11) is 0. The van der Waals surface area contributed by atoms with E-state index in [4.69, 9.17) is 4.74 Å². The molecule has 0 aliphatic heterocycles. The van der Waals surface area contributed by atoms with Crippen molar-refractivity contribution in [1.82, 2.24) is 0 Å². The molecule has 0 fully saturated rings. The number of halogens is 2. The summed E-state index contributed by atoms with van der Waals surface area (Å²) < 4.78 is 19.3. The lowest BCUT2D eigenvalue weighted by molar-refractivity contribution is -0.386. The molecule has 2 rings (SSSR count). The number of rotatable bonds is 4. The van der Waals surface area contributed by atoms with Crippen molar-refractivity contribution < 1.29 is 14.1 Å². The number of nitro groups is 1. The third-order valence-corrected chi connectivity index (χ3v) is 3.09. The minimum absolute atomic E-state index is 0.0562. The highest BCUT2D eigenvalue weighted by atomic mass is 79.9. The highest BCUT2D eigenvalue weighted by Crippen LogP contribution is 2.28. The van der Waals surface area contributed by atoms with Gasteiger partial charge in [0.1, 0.15) is 12.4 Å². The first-order valence-electron chi connectivity index (χ1n) is 5.78. The van der Waals surface area contributed by atoms with Crippen LogP contribution in [0.1, 0.15) is 11.1 Å². The second kappa shape index (κ2) is 6.00. The van der Waals surface area contributed by atoms with E-state index in [9.17, 15) is 14.5 Å². The van der Waals surface area contributed by atoms with Gasteiger partial charge in [0, 0.05) is 10.5 Å². The maximum atomic E-state index is 13.2. The van der Waals surface area contributed by atoms with Crippen LogP contribution in [0.15, 0.2) is 40.9 Å². The van der Waals surface area contributed by atoms with Gasteiger partial charge in [0.15, 0.2) is 5.75 Å². The van der Waals surface area contributed by atoms with Gasteiger partial charge in [-0.1, -0.05) is 22.0 Å². The highest BCUT2D eigenvalue weighted by molar-refractivity contribution is 9.10. The SMILES string of the molecule is Cc1ccc([N+](=O)[O-])c(OCc2cc(F)cc(Br)c2)c1. The van der Waals surface area contributed by atoms with E-state index in [2.05, 4.69) is 15.9 Å². The molecule has 0 radical (unpaired) electrons. The standard InChI is InChI=1S/C14H11BrFNO3/c1-9-2-3-13(17(18)19)14(4-9)20-8-10-5-11(15)7-12(16)6-10/h2-7H,8H2,1H3. The summed E-state index contributed by atoms with van der Waals surface area (Å²) >= 11 is 3.18. The zero-order chi connectivity index (χ0) is 14.7. The highest BCUT2D eigenvalue weighted by Gasteiger charge is 2.15. The van der Waals surface area contributed by atoms with Crippen molar-refractivity contribution in [2.75, 3.05) is 0 Å². The van der Waals surface area contributed by atoms with E-state index < -0.39 is 10.7 Å². The molecule has 0 bridgehead atoms. The van der Waals surface area contributed by atoms with Crippen LogP contribution in [-0.2, 0) is 6.61 Å². The molecule has 0 saturated heterocycles. The first-order valence-corrected chi connectivity index (χ1v) is 6.58. The van der Waals surface area contributed by atoms with Crippen molar-refractivity contribution in [2.24, 2.45) is 0 Å². The van der Waals surface area contributed by atoms with Gasteiger partial charge in [-0.3, -0.25) is 10.1 Å². The minimum atomic E-state index is -0.504. The molecule has 2 aromatic rings. The molecule has 0 saturated carbocycles. The smallest absolute Gasteiger partial charge is 0.310 e. The summed E-state index contributed by atoms with van der Waals surface area (Å²) in [6, 6.07) is 8.98. The summed E-state index contributed by atoms with van der Waals surface area (Å²) in [5, 5.41) is 10.9. The van der Waals surface area contributed by atoms with Gasteiger partial charge in [-0.25, -0.2) is 4.39 Å². The second-order valence-corrected chi connectivity index (χ2v) is 5.21. The monoisotopic (exact) mass is 339 g/mol. The van der Waals surface area contributed by atoms with E-state index in [0.29, 0.717) is 10.0 Å². The average Bonchev–Trinajstić information content (AvgIpc) is 2.35. The summed E-state index contributed by atoms with van der Waals surface area (Å²) in [5.74, 6) is -0.216. The molecule has 0 aliphatic rings. The summed E-state index contributed by atoms with van der Waals surface area (Å²) in [4.78, 5) is 10.4. The van der Waals surface area contributed by atoms with E-state index >= 15 is 0 Å². The Bertz CT molecular complexity index is 641. The Kier molecular flexibility index (Phi) is 4.34. The first kappa shape index (κ1) is 14.5. The van der Waals surface area contributed by atoms with Gasteiger partial charge in [-0.05, 0) is 42.3 Å². The van der Waals surface area contributed by atoms with E-state index in [1.807, 2.05) is 6.92 Å². The number of benzene rings is 2. The summed E-state index contributed by atoms with van der Waals surface area (Å²) in [6.45, 7) is 1.87. The molecule has 0 N–H and O–H groups in total. The van der Waals surface area contributed by atoms with Crippen LogP contribution in [0.2, 0.25) is 0 Å². The number of aryl methyl sites for hydroxylation is 1. The third-order valence-electron chi connectivity index (χ3n) is 2.63. The number of ether oxygens (including phenoxy) is 1. The van der Waals surface area contributed by atoms with E-state index in [1.54, 1.807) is 18.2 Å². The zero-order valence-electron chi connectivity index (χ0n) is 10.6. The summed E-state index contributed by atoms with van der Waals surface area (Å²) in [5.41, 5.74) is 1.34. The fourth-order valence-corrected chi connectivity index (χ4v) is 2.26. The fourth-order valence-electron chi connectivity index (χ4n) is 1.74. The summed E-state index contributed by atoms with van der Waals surface area (Å²) in [6.07, 6.45) is 0. The van der Waals surface area contributed by atoms with Gasteiger partial charge >= 0.3 is 5.69 Å². The van der Waals surface area contributed by atoms with Gasteiger partial charge in [0.2, 0.25) is 0 Å². The lowest BCUT2D eigenvalue weighted by atomic mass is 10.2. The van der Waals surface area contributed by atoms with Crippen molar-refractivity contribution in [2.45, 2.75) is 13.5 Å². The van der Waals surface area contributed by atoms with Crippen molar-refractivity contribution in [3.05, 3.63) is 67.9 Å². The molecule has 104 valence electrons. The lowest BCUT2D eigenvalue weighted by Crippen LogP contribution is -2.00. The molecule has 0 atom stereocenters. The third kappa shape index (κ3) is 3.54. The number of nitrogens with zero attached hydrogens (tertiary/aromatic N) is 1. The largest absolute Gasteiger partial charge is 0.482 e. The molecule has 6 heteroatoms. The van der Waals surface area contributed by atoms with Gasteiger partial charge in [-0.2, -0.15) is 0 Å². The van der Waals surface area contributed by atoms with Crippen LogP contribution >= 0.6 is 15.9 Å². The van der Waals surface area contributed by atoms with Crippen LogP contribution in [0.5, 0.6) is 5.75 Å². The second-order valence-electron chi connectivity index (χ2n) is 4.29. The normalized spacial score (nSPS) is 10.3. The molecule has 0 heterocycles. The van der Waals surface area contributed by atoms with Crippen LogP contribution < -0.4 is 4.74 Å². The Balaban J connectivity index is 2.22. The van der Waals surface area contributed by atoms with E-state index in [1.165, 1.54) is 18.2 Å². The van der Waals surface area contributed by atoms with Crippen LogP contribution in [0.4, 0.5) is 10.1 Å². The average molecular weight is 340 g/mol. The Hall–Kier alpha value is -1.95. The molecule has 0 amide bonds. The quantitative estimate of drug-likeness (QED) is 0.613. The van der Waals surface area contributed by atoms with Crippen LogP contribution in [0.25, 0.3) is 0 Å². The molecule has 0 aromatic heterocycles.